The number of nitrogens with one attached hydrogen (secondary N) is 1. The third-order valence-electron chi connectivity index (χ3n) is 4.88. The summed E-state index contributed by atoms with van der Waals surface area (Å²) < 4.78 is 34.6. The normalized spacial score (nSPS) is 15.0. The molecule has 1 saturated heterocycles. The van der Waals surface area contributed by atoms with Crippen LogP contribution in [0.5, 0.6) is 0 Å². The van der Waals surface area contributed by atoms with Gasteiger partial charge in [-0.15, -0.1) is 0 Å². The Morgan fingerprint density at radius 3 is 2.70 bits per heavy atom. The molecule has 2 heterocycles. The third kappa shape index (κ3) is 4.70. The van der Waals surface area contributed by atoms with E-state index in [1.165, 1.54) is 10.4 Å². The Labute approximate surface area is 176 Å². The minimum atomic E-state index is -3.73. The molecule has 160 valence electrons. The molecule has 1 amide bonds. The van der Waals surface area contributed by atoms with Crippen molar-refractivity contribution in [2.75, 3.05) is 31.6 Å². The van der Waals surface area contributed by atoms with E-state index in [1.807, 2.05) is 6.92 Å². The fourth-order valence-electron chi connectivity index (χ4n) is 3.32. The van der Waals surface area contributed by atoms with Crippen LogP contribution in [0.15, 0.2) is 29.2 Å². The topological polar surface area (TPSA) is 117 Å². The van der Waals surface area contributed by atoms with Gasteiger partial charge in [0.1, 0.15) is 5.82 Å². The predicted octanol–water partition coefficient (Wildman–Crippen LogP) is 1.94. The van der Waals surface area contributed by atoms with Crippen LogP contribution in [-0.4, -0.2) is 54.7 Å². The first-order valence-electron chi connectivity index (χ1n) is 9.80. The molecular formula is C20H25N5O4S. The van der Waals surface area contributed by atoms with Gasteiger partial charge in [-0.2, -0.15) is 14.7 Å². The number of carbonyl (C=O) groups is 1. The number of aryl methyl sites for hydroxylation is 3. The maximum absolute atomic E-state index is 13.2. The minimum absolute atomic E-state index is 0.147. The van der Waals surface area contributed by atoms with Gasteiger partial charge in [0.15, 0.2) is 0 Å². The first-order valence-corrected chi connectivity index (χ1v) is 11.2. The lowest BCUT2D eigenvalue weighted by Gasteiger charge is -2.27. The second-order valence-corrected chi connectivity index (χ2v) is 8.86. The van der Waals surface area contributed by atoms with Crippen molar-refractivity contribution in [3.63, 3.8) is 0 Å². The number of nitrogens with zero attached hydrogens (tertiary/aromatic N) is 4. The second-order valence-electron chi connectivity index (χ2n) is 6.95. The van der Waals surface area contributed by atoms with Gasteiger partial charge >= 0.3 is 0 Å². The lowest BCUT2D eigenvalue weighted by atomic mass is 10.1. The van der Waals surface area contributed by atoms with Gasteiger partial charge in [-0.3, -0.25) is 4.79 Å². The zero-order valence-electron chi connectivity index (χ0n) is 17.1. The van der Waals surface area contributed by atoms with E-state index in [0.29, 0.717) is 56.3 Å². The molecule has 1 aromatic carbocycles. The first-order chi connectivity index (χ1) is 14.4. The number of aromatic nitrogens is 2. The van der Waals surface area contributed by atoms with Crippen molar-refractivity contribution in [1.82, 2.24) is 14.1 Å². The molecule has 0 bridgehead atoms. The summed E-state index contributed by atoms with van der Waals surface area (Å²) in [6, 6.07) is 8.49. The summed E-state index contributed by atoms with van der Waals surface area (Å²) >= 11 is 0. The van der Waals surface area contributed by atoms with Crippen molar-refractivity contribution in [3.05, 3.63) is 41.1 Å². The van der Waals surface area contributed by atoms with Crippen LogP contribution in [0.2, 0.25) is 0 Å². The van der Waals surface area contributed by atoms with Crippen molar-refractivity contribution in [2.24, 2.45) is 0 Å². The standard InChI is InChI=1S/C20H25N5O4S/c1-3-16-5-6-17(14-18(16)30(27,28)24-9-11-29-12-10-24)20(26)22-19-13-15(2)23-25(19)8-4-7-21/h5-6,13-14H,3-4,8-12H2,1-2H3,(H,22,26). The number of rotatable bonds is 7. The summed E-state index contributed by atoms with van der Waals surface area (Å²) in [5, 5.41) is 15.9. The zero-order valence-corrected chi connectivity index (χ0v) is 17.9. The van der Waals surface area contributed by atoms with Crippen molar-refractivity contribution in [1.29, 1.82) is 5.26 Å². The number of hydrogen-bond acceptors (Lipinski definition) is 6. The highest BCUT2D eigenvalue weighted by Crippen LogP contribution is 2.24. The van der Waals surface area contributed by atoms with Gasteiger partial charge in [0.05, 0.1) is 42.8 Å². The number of carbonyl (C=O) groups excluding carboxylic acids is 1. The molecule has 30 heavy (non-hydrogen) atoms. The summed E-state index contributed by atoms with van der Waals surface area (Å²) in [6.45, 7) is 5.31. The predicted molar refractivity (Wildman–Crippen MR) is 111 cm³/mol. The Balaban J connectivity index is 1.89. The highest BCUT2D eigenvalue weighted by Gasteiger charge is 2.29. The average Bonchev–Trinajstić information content (AvgIpc) is 3.11. The van der Waals surface area contributed by atoms with Gasteiger partial charge in [-0.05, 0) is 31.0 Å². The van der Waals surface area contributed by atoms with Crippen LogP contribution in [0, 0.1) is 18.3 Å². The van der Waals surface area contributed by atoms with E-state index in [9.17, 15) is 13.2 Å². The van der Waals surface area contributed by atoms with Crippen LogP contribution in [0.4, 0.5) is 5.82 Å². The number of benzene rings is 1. The summed E-state index contributed by atoms with van der Waals surface area (Å²) in [7, 11) is -3.73. The summed E-state index contributed by atoms with van der Waals surface area (Å²) in [6.07, 6.45) is 0.790. The Morgan fingerprint density at radius 2 is 2.03 bits per heavy atom. The zero-order chi connectivity index (χ0) is 21.7. The lowest BCUT2D eigenvalue weighted by Crippen LogP contribution is -2.41. The molecule has 0 aliphatic carbocycles. The van der Waals surface area contributed by atoms with Crippen molar-refractivity contribution in [3.8, 4) is 6.07 Å². The molecule has 0 unspecified atom stereocenters. The number of sulfonamides is 1. The van der Waals surface area contributed by atoms with Gasteiger partial charge < -0.3 is 10.1 Å². The molecule has 0 saturated carbocycles. The second kappa shape index (κ2) is 9.38. The van der Waals surface area contributed by atoms with Crippen molar-refractivity contribution < 1.29 is 17.9 Å². The highest BCUT2D eigenvalue weighted by atomic mass is 32.2. The summed E-state index contributed by atoms with van der Waals surface area (Å²) in [5.41, 5.74) is 1.61. The number of morpholine rings is 1. The highest BCUT2D eigenvalue weighted by molar-refractivity contribution is 7.89. The van der Waals surface area contributed by atoms with Crippen LogP contribution in [-0.2, 0) is 27.7 Å². The maximum Gasteiger partial charge on any atom is 0.256 e. The molecule has 2 aromatic rings. The molecule has 1 aliphatic rings. The van der Waals surface area contributed by atoms with Gasteiger partial charge in [-0.1, -0.05) is 13.0 Å². The van der Waals surface area contributed by atoms with E-state index < -0.39 is 15.9 Å². The summed E-state index contributed by atoms with van der Waals surface area (Å²) in [5.74, 6) is 0.0269. The lowest BCUT2D eigenvalue weighted by molar-refractivity contribution is 0.0730. The fourth-order valence-corrected chi connectivity index (χ4v) is 5.04. The number of ether oxygens (including phenoxy) is 1. The van der Waals surface area contributed by atoms with Crippen LogP contribution in [0.25, 0.3) is 0 Å². The molecular weight excluding hydrogens is 406 g/mol. The third-order valence-corrected chi connectivity index (χ3v) is 6.86. The maximum atomic E-state index is 13.2. The van der Waals surface area contributed by atoms with Crippen LogP contribution in [0.1, 0.15) is 35.0 Å². The van der Waals surface area contributed by atoms with Gasteiger partial charge in [0, 0.05) is 24.7 Å². The smallest absolute Gasteiger partial charge is 0.256 e. The number of nitriles is 1. The molecule has 10 heteroatoms. The Hall–Kier alpha value is -2.74. The van der Waals surface area contributed by atoms with Crippen molar-refractivity contribution >= 4 is 21.7 Å². The van der Waals surface area contributed by atoms with E-state index in [0.717, 1.165) is 0 Å². The van der Waals surface area contributed by atoms with Crippen LogP contribution >= 0.6 is 0 Å². The monoisotopic (exact) mass is 431 g/mol. The molecule has 0 radical (unpaired) electrons. The van der Waals surface area contributed by atoms with E-state index >= 15 is 0 Å². The van der Waals surface area contributed by atoms with Crippen molar-refractivity contribution in [2.45, 2.75) is 38.1 Å². The minimum Gasteiger partial charge on any atom is -0.379 e. The number of amides is 1. The molecule has 0 spiro atoms. The van der Waals surface area contributed by atoms with E-state index in [4.69, 9.17) is 10.00 Å². The summed E-state index contributed by atoms with van der Waals surface area (Å²) in [4.78, 5) is 13.0. The van der Waals surface area contributed by atoms with Gasteiger partial charge in [0.25, 0.3) is 5.91 Å². The molecule has 0 atom stereocenters. The van der Waals surface area contributed by atoms with Crippen LogP contribution < -0.4 is 5.32 Å². The first kappa shape index (κ1) is 22.0. The fraction of sp³-hybridized carbons (Fsp3) is 0.450. The SMILES string of the molecule is CCc1ccc(C(=O)Nc2cc(C)nn2CCC#N)cc1S(=O)(=O)N1CCOCC1. The number of anilines is 1. The average molecular weight is 432 g/mol. The molecule has 1 aromatic heterocycles. The van der Waals surface area contributed by atoms with Gasteiger partial charge in [-0.25, -0.2) is 13.1 Å². The van der Waals surface area contributed by atoms with Crippen LogP contribution in [0.3, 0.4) is 0 Å². The molecule has 3 rings (SSSR count). The largest absolute Gasteiger partial charge is 0.379 e. The molecule has 1 fully saturated rings. The molecule has 9 nitrogen and oxygen atoms in total. The molecule has 1 aliphatic heterocycles. The Morgan fingerprint density at radius 1 is 1.30 bits per heavy atom. The quantitative estimate of drug-likeness (QED) is 0.716. The Kier molecular flexibility index (Phi) is 6.87. The number of hydrogen-bond donors (Lipinski definition) is 1. The Bertz CT molecular complexity index is 1070. The van der Waals surface area contributed by atoms with Gasteiger partial charge in [0.2, 0.25) is 10.0 Å². The van der Waals surface area contributed by atoms with E-state index in [-0.39, 0.29) is 16.9 Å². The van der Waals surface area contributed by atoms with E-state index in [1.54, 1.807) is 29.8 Å². The van der Waals surface area contributed by atoms with E-state index in [2.05, 4.69) is 16.5 Å². The molecule has 1 N–H and O–H groups in total.